The molecule has 0 radical (unpaired) electrons. The third-order valence-corrected chi connectivity index (χ3v) is 3.03. The first kappa shape index (κ1) is 12.0. The van der Waals surface area contributed by atoms with Crippen LogP contribution in [0, 0.1) is 5.92 Å². The molecule has 0 unspecified atom stereocenters. The predicted octanol–water partition coefficient (Wildman–Crippen LogP) is 0.954. The molecule has 1 N–H and O–H groups in total. The Kier molecular flexibility index (Phi) is 6.15. The van der Waals surface area contributed by atoms with Crippen LogP contribution < -0.4 is 5.32 Å². The van der Waals surface area contributed by atoms with Gasteiger partial charge in [-0.2, -0.15) is 0 Å². The number of rotatable bonds is 6. The Bertz CT molecular complexity index is 135. The molecule has 1 saturated heterocycles. The average Bonchev–Trinajstić information content (AvgIpc) is 2.25. The lowest BCUT2D eigenvalue weighted by atomic mass is 9.97. The van der Waals surface area contributed by atoms with Crippen molar-refractivity contribution < 1.29 is 4.74 Å². The van der Waals surface area contributed by atoms with E-state index >= 15 is 0 Å². The summed E-state index contributed by atoms with van der Waals surface area (Å²) in [6.45, 7) is 8.97. The summed E-state index contributed by atoms with van der Waals surface area (Å²) in [5.41, 5.74) is 0. The first-order valence-corrected chi connectivity index (χ1v) is 5.78. The summed E-state index contributed by atoms with van der Waals surface area (Å²) in [6.07, 6.45) is 2.67. The van der Waals surface area contributed by atoms with E-state index in [0.717, 1.165) is 25.6 Å². The molecule has 0 atom stereocenters. The molecule has 3 heteroatoms. The Labute approximate surface area is 87.8 Å². The first-order chi connectivity index (χ1) is 6.86. The number of ether oxygens (including phenoxy) is 1. The number of hydrogen-bond donors (Lipinski definition) is 1. The van der Waals surface area contributed by atoms with Gasteiger partial charge in [0.15, 0.2) is 0 Å². The van der Waals surface area contributed by atoms with Gasteiger partial charge in [-0.3, -0.25) is 0 Å². The number of nitrogens with one attached hydrogen (secondary N) is 1. The molecule has 14 heavy (non-hydrogen) atoms. The fourth-order valence-electron chi connectivity index (χ4n) is 2.03. The van der Waals surface area contributed by atoms with E-state index in [-0.39, 0.29) is 0 Å². The Morgan fingerprint density at radius 3 is 2.64 bits per heavy atom. The second-order valence-electron chi connectivity index (χ2n) is 4.08. The molecule has 0 bridgehead atoms. The Morgan fingerprint density at radius 1 is 1.36 bits per heavy atom. The molecule has 84 valence electrons. The van der Waals surface area contributed by atoms with Gasteiger partial charge in [-0.1, -0.05) is 6.92 Å². The zero-order valence-electron chi connectivity index (χ0n) is 9.59. The highest BCUT2D eigenvalue weighted by molar-refractivity contribution is 4.71. The highest BCUT2D eigenvalue weighted by Gasteiger charge is 2.15. The highest BCUT2D eigenvalue weighted by atomic mass is 16.5. The molecule has 0 aromatic rings. The van der Waals surface area contributed by atoms with Gasteiger partial charge in [0.1, 0.15) is 0 Å². The van der Waals surface area contributed by atoms with Crippen LogP contribution in [0.4, 0.5) is 0 Å². The van der Waals surface area contributed by atoms with Crippen LogP contribution in [0.3, 0.4) is 0 Å². The standard InChI is InChI=1S/C11H24N2O/c1-3-13(8-9-14-2)10-11-4-6-12-7-5-11/h11-12H,3-10H2,1-2H3. The normalized spacial score (nSPS) is 19.1. The minimum absolute atomic E-state index is 0.860. The molecule has 1 heterocycles. The van der Waals surface area contributed by atoms with Crippen LogP contribution in [-0.4, -0.2) is 51.3 Å². The number of likely N-dealkylation sites (N-methyl/N-ethyl adjacent to an activating group) is 1. The fourth-order valence-corrected chi connectivity index (χ4v) is 2.03. The van der Waals surface area contributed by atoms with Gasteiger partial charge in [-0.05, 0) is 38.4 Å². The summed E-state index contributed by atoms with van der Waals surface area (Å²) in [4.78, 5) is 2.50. The molecule has 3 nitrogen and oxygen atoms in total. The van der Waals surface area contributed by atoms with Gasteiger partial charge in [0.25, 0.3) is 0 Å². The molecule has 0 amide bonds. The maximum atomic E-state index is 5.11. The zero-order valence-corrected chi connectivity index (χ0v) is 9.59. The molecular formula is C11H24N2O. The quantitative estimate of drug-likeness (QED) is 0.691. The lowest BCUT2D eigenvalue weighted by molar-refractivity contribution is 0.134. The monoisotopic (exact) mass is 200 g/mol. The van der Waals surface area contributed by atoms with Crippen molar-refractivity contribution in [3.05, 3.63) is 0 Å². The maximum Gasteiger partial charge on any atom is 0.0589 e. The van der Waals surface area contributed by atoms with E-state index in [1.165, 1.54) is 32.5 Å². The van der Waals surface area contributed by atoms with E-state index in [4.69, 9.17) is 4.74 Å². The summed E-state index contributed by atoms with van der Waals surface area (Å²) in [7, 11) is 1.78. The molecule has 1 aliphatic rings. The van der Waals surface area contributed by atoms with Crippen molar-refractivity contribution in [2.24, 2.45) is 5.92 Å². The molecule has 1 fully saturated rings. The Morgan fingerprint density at radius 2 is 2.07 bits per heavy atom. The van der Waals surface area contributed by atoms with E-state index in [0.29, 0.717) is 0 Å². The summed E-state index contributed by atoms with van der Waals surface area (Å²) >= 11 is 0. The summed E-state index contributed by atoms with van der Waals surface area (Å²) in [5, 5.41) is 3.41. The molecule has 0 aromatic heterocycles. The van der Waals surface area contributed by atoms with E-state index in [1.54, 1.807) is 7.11 Å². The number of hydrogen-bond acceptors (Lipinski definition) is 3. The second-order valence-corrected chi connectivity index (χ2v) is 4.08. The van der Waals surface area contributed by atoms with Crippen LogP contribution in [0.2, 0.25) is 0 Å². The van der Waals surface area contributed by atoms with Crippen LogP contribution in [0.5, 0.6) is 0 Å². The van der Waals surface area contributed by atoms with Gasteiger partial charge in [0.05, 0.1) is 6.61 Å². The molecule has 0 aliphatic carbocycles. The topological polar surface area (TPSA) is 24.5 Å². The van der Waals surface area contributed by atoms with Crippen molar-refractivity contribution in [3.8, 4) is 0 Å². The summed E-state index contributed by atoms with van der Waals surface area (Å²) < 4.78 is 5.11. The van der Waals surface area contributed by atoms with Crippen LogP contribution in [0.25, 0.3) is 0 Å². The van der Waals surface area contributed by atoms with Crippen molar-refractivity contribution in [1.82, 2.24) is 10.2 Å². The molecule has 0 spiro atoms. The van der Waals surface area contributed by atoms with Gasteiger partial charge in [-0.15, -0.1) is 0 Å². The lowest BCUT2D eigenvalue weighted by Gasteiger charge is -2.29. The smallest absolute Gasteiger partial charge is 0.0589 e. The Hall–Kier alpha value is -0.120. The molecule has 1 aliphatic heterocycles. The van der Waals surface area contributed by atoms with Gasteiger partial charge in [0.2, 0.25) is 0 Å². The maximum absolute atomic E-state index is 5.11. The number of piperidine rings is 1. The average molecular weight is 200 g/mol. The first-order valence-electron chi connectivity index (χ1n) is 5.78. The Balaban J connectivity index is 2.16. The van der Waals surface area contributed by atoms with Gasteiger partial charge >= 0.3 is 0 Å². The van der Waals surface area contributed by atoms with Crippen molar-refractivity contribution in [3.63, 3.8) is 0 Å². The van der Waals surface area contributed by atoms with Gasteiger partial charge in [-0.25, -0.2) is 0 Å². The minimum atomic E-state index is 0.860. The molecule has 0 aromatic carbocycles. The van der Waals surface area contributed by atoms with Crippen molar-refractivity contribution in [1.29, 1.82) is 0 Å². The SMILES string of the molecule is CCN(CCOC)CC1CCNCC1. The molecule has 1 rings (SSSR count). The van der Waals surface area contributed by atoms with Crippen LogP contribution in [0.1, 0.15) is 19.8 Å². The van der Waals surface area contributed by atoms with Crippen LogP contribution in [0.15, 0.2) is 0 Å². The summed E-state index contributed by atoms with van der Waals surface area (Å²) in [5.74, 6) is 0.896. The largest absolute Gasteiger partial charge is 0.383 e. The second kappa shape index (κ2) is 7.21. The minimum Gasteiger partial charge on any atom is -0.383 e. The van der Waals surface area contributed by atoms with E-state index < -0.39 is 0 Å². The van der Waals surface area contributed by atoms with Gasteiger partial charge in [0, 0.05) is 20.2 Å². The highest BCUT2D eigenvalue weighted by Crippen LogP contribution is 2.12. The van der Waals surface area contributed by atoms with E-state index in [1.807, 2.05) is 0 Å². The lowest BCUT2D eigenvalue weighted by Crippen LogP contribution is -2.37. The number of nitrogens with zero attached hydrogens (tertiary/aromatic N) is 1. The van der Waals surface area contributed by atoms with Crippen LogP contribution >= 0.6 is 0 Å². The third-order valence-electron chi connectivity index (χ3n) is 3.03. The van der Waals surface area contributed by atoms with Crippen molar-refractivity contribution >= 4 is 0 Å². The predicted molar refractivity (Wildman–Crippen MR) is 59.6 cm³/mol. The summed E-state index contributed by atoms with van der Waals surface area (Å²) in [6, 6.07) is 0. The zero-order chi connectivity index (χ0) is 10.2. The van der Waals surface area contributed by atoms with E-state index in [2.05, 4.69) is 17.1 Å². The van der Waals surface area contributed by atoms with Crippen LogP contribution in [-0.2, 0) is 4.74 Å². The fraction of sp³-hybridized carbons (Fsp3) is 1.00. The molecular weight excluding hydrogens is 176 g/mol. The van der Waals surface area contributed by atoms with Crippen molar-refractivity contribution in [2.45, 2.75) is 19.8 Å². The third kappa shape index (κ3) is 4.40. The van der Waals surface area contributed by atoms with Gasteiger partial charge < -0.3 is 15.0 Å². The van der Waals surface area contributed by atoms with E-state index in [9.17, 15) is 0 Å². The van der Waals surface area contributed by atoms with Crippen molar-refractivity contribution in [2.75, 3.05) is 46.4 Å². The number of methoxy groups -OCH3 is 1. The molecule has 0 saturated carbocycles.